The number of benzene rings is 1. The summed E-state index contributed by atoms with van der Waals surface area (Å²) in [6.07, 6.45) is -1.20. The van der Waals surface area contributed by atoms with Crippen molar-refractivity contribution in [2.45, 2.75) is 24.9 Å². The summed E-state index contributed by atoms with van der Waals surface area (Å²) in [6.45, 7) is 2.74. The van der Waals surface area contributed by atoms with Gasteiger partial charge in [0.15, 0.2) is 10.1 Å². The molecule has 1 aromatic carbocycles. The van der Waals surface area contributed by atoms with Crippen LogP contribution in [0.25, 0.3) is 10.9 Å². The number of nitrogens with zero attached hydrogens (tertiary/aromatic N) is 2. The molecular formula is C19H20F6N2O10S2. The molecule has 1 heterocycles. The maximum atomic E-state index is 13.1. The highest BCUT2D eigenvalue weighted by molar-refractivity contribution is 7.88. The summed E-state index contributed by atoms with van der Waals surface area (Å²) < 4.78 is 138. The smallest absolute Gasteiger partial charge is 0.534 e. The molecule has 0 atom stereocenters. The van der Waals surface area contributed by atoms with Crippen molar-refractivity contribution in [2.24, 2.45) is 0 Å². The van der Waals surface area contributed by atoms with E-state index in [0.29, 0.717) is 4.57 Å². The standard InChI is InChI=1S/C18H20F3N2O7S.CHF3O3S/c1-5-28-16(24)14(22(3)4)13-11-9-7-8-10-12(11)23(17(25)29-6-2)15(13)30-31(26,27)18(19,20)21;2-1(3,4)8(5,6)7/h7-10H,5-6H2,1-4H3;(H,5,6,7)/q+1;/p-1. The zero-order valence-corrected chi connectivity index (χ0v) is 21.9. The van der Waals surface area contributed by atoms with Crippen LogP contribution in [-0.4, -0.2) is 86.6 Å². The minimum atomic E-state index is -6.20. The van der Waals surface area contributed by atoms with E-state index in [1.807, 2.05) is 0 Å². The summed E-state index contributed by atoms with van der Waals surface area (Å²) in [5, 5.41) is 0.0691. The van der Waals surface area contributed by atoms with Gasteiger partial charge in [0.2, 0.25) is 5.88 Å². The lowest BCUT2D eigenvalue weighted by molar-refractivity contribution is -0.463. The van der Waals surface area contributed by atoms with Crippen LogP contribution in [0.3, 0.4) is 0 Å². The quantitative estimate of drug-likeness (QED) is 0.0900. The van der Waals surface area contributed by atoms with E-state index in [0.717, 1.165) is 0 Å². The van der Waals surface area contributed by atoms with Gasteiger partial charge < -0.3 is 18.2 Å². The first kappa shape index (κ1) is 33.6. The first-order valence-corrected chi connectivity index (χ1v) is 13.0. The average Bonchev–Trinajstić information content (AvgIpc) is 3.05. The number of aromatic nitrogens is 1. The van der Waals surface area contributed by atoms with Gasteiger partial charge in [-0.2, -0.15) is 34.8 Å². The maximum absolute atomic E-state index is 13.1. The molecule has 2 rings (SSSR count). The number of hydrogen-bond donors (Lipinski definition) is 0. The van der Waals surface area contributed by atoms with Crippen LogP contribution < -0.4 is 4.18 Å². The lowest BCUT2D eigenvalue weighted by Crippen LogP contribution is -2.32. The highest BCUT2D eigenvalue weighted by Gasteiger charge is 2.50. The molecule has 0 fully saturated rings. The third-order valence-corrected chi connectivity index (χ3v) is 5.70. The van der Waals surface area contributed by atoms with Gasteiger partial charge in [-0.3, -0.25) is 0 Å². The lowest BCUT2D eigenvalue weighted by atomic mass is 10.1. The molecule has 220 valence electrons. The van der Waals surface area contributed by atoms with Crippen LogP contribution in [0.2, 0.25) is 0 Å². The van der Waals surface area contributed by atoms with Gasteiger partial charge in [-0.05, 0) is 19.9 Å². The predicted molar refractivity (Wildman–Crippen MR) is 119 cm³/mol. The van der Waals surface area contributed by atoms with Crippen LogP contribution in [-0.2, 0) is 34.5 Å². The van der Waals surface area contributed by atoms with Crippen LogP contribution in [0, 0.1) is 0 Å². The molecule has 0 aliphatic heterocycles. The molecule has 0 saturated carbocycles. The zero-order valence-electron chi connectivity index (χ0n) is 20.3. The lowest BCUT2D eigenvalue weighted by Gasteiger charge is -2.13. The van der Waals surface area contributed by atoms with Gasteiger partial charge in [-0.1, -0.05) is 18.2 Å². The SMILES string of the molecule is CCOC(=O)C(c1c(OS(=O)(=O)C(F)(F)F)n(C(=O)OCC)c2ccccc12)=[N+](C)C.O=S(=O)([O-])C(F)(F)F. The van der Waals surface area contributed by atoms with Gasteiger partial charge in [0.05, 0.1) is 18.7 Å². The first-order valence-electron chi connectivity index (χ1n) is 10.2. The van der Waals surface area contributed by atoms with E-state index in [-0.39, 0.29) is 35.4 Å². The molecule has 0 spiro atoms. The van der Waals surface area contributed by atoms with Crippen molar-refractivity contribution in [1.29, 1.82) is 0 Å². The van der Waals surface area contributed by atoms with Gasteiger partial charge in [0.1, 0.15) is 19.7 Å². The molecule has 2 aromatic rings. The Morgan fingerprint density at radius 3 is 1.82 bits per heavy atom. The Hall–Kier alpha value is -3.39. The number of fused-ring (bicyclic) bond motifs is 1. The number of alkyl halides is 6. The fourth-order valence-corrected chi connectivity index (χ4v) is 3.21. The van der Waals surface area contributed by atoms with Gasteiger partial charge in [0, 0.05) is 5.39 Å². The van der Waals surface area contributed by atoms with Crippen LogP contribution in [0.5, 0.6) is 5.88 Å². The minimum Gasteiger partial charge on any atom is -0.741 e. The Balaban J connectivity index is 0.000000824. The first-order chi connectivity index (χ1) is 17.6. The number of rotatable bonds is 6. The summed E-state index contributed by atoms with van der Waals surface area (Å²) in [5.41, 5.74) is -12.2. The largest absolute Gasteiger partial charge is 0.741 e. The molecule has 1 aromatic heterocycles. The van der Waals surface area contributed by atoms with Crippen molar-refractivity contribution < 1.29 is 75.6 Å². The Morgan fingerprint density at radius 2 is 1.41 bits per heavy atom. The average molecular weight is 614 g/mol. The number of ether oxygens (including phenoxy) is 2. The van der Waals surface area contributed by atoms with Gasteiger partial charge in [-0.15, -0.1) is 0 Å². The minimum absolute atomic E-state index is 0.0352. The number of carbonyl (C=O) groups excluding carboxylic acids is 2. The van der Waals surface area contributed by atoms with E-state index in [9.17, 15) is 44.3 Å². The van der Waals surface area contributed by atoms with E-state index >= 15 is 0 Å². The van der Waals surface area contributed by atoms with Crippen LogP contribution >= 0.6 is 0 Å². The highest BCUT2D eigenvalue weighted by Crippen LogP contribution is 2.37. The molecule has 39 heavy (non-hydrogen) atoms. The van der Waals surface area contributed by atoms with Crippen molar-refractivity contribution in [3.8, 4) is 5.88 Å². The second kappa shape index (κ2) is 12.2. The van der Waals surface area contributed by atoms with Crippen LogP contribution in [0.15, 0.2) is 24.3 Å². The van der Waals surface area contributed by atoms with E-state index in [2.05, 4.69) is 4.18 Å². The Kier molecular flexibility index (Phi) is 10.5. The second-order valence-corrected chi connectivity index (χ2v) is 9.99. The highest BCUT2D eigenvalue weighted by atomic mass is 32.2. The molecule has 0 bridgehead atoms. The van der Waals surface area contributed by atoms with Gasteiger partial charge >= 0.3 is 33.2 Å². The number of para-hydroxylation sites is 1. The van der Waals surface area contributed by atoms with Crippen LogP contribution in [0.4, 0.5) is 31.1 Å². The van der Waals surface area contributed by atoms with Gasteiger partial charge in [-0.25, -0.2) is 27.1 Å². The topological polar surface area (TPSA) is 161 Å². The maximum Gasteiger partial charge on any atom is 0.534 e. The van der Waals surface area contributed by atoms with Crippen molar-refractivity contribution in [1.82, 2.24) is 4.57 Å². The predicted octanol–water partition coefficient (Wildman–Crippen LogP) is 2.55. The number of halogens is 6. The molecule has 0 amide bonds. The molecule has 0 saturated heterocycles. The fourth-order valence-electron chi connectivity index (χ4n) is 2.75. The molecule has 0 radical (unpaired) electrons. The molecule has 0 N–H and O–H groups in total. The number of hydrogen-bond acceptors (Lipinski definition) is 10. The summed E-state index contributed by atoms with van der Waals surface area (Å²) in [6, 6.07) is 5.67. The summed E-state index contributed by atoms with van der Waals surface area (Å²) in [5.74, 6) is -2.01. The molecule has 0 aliphatic carbocycles. The van der Waals surface area contributed by atoms with E-state index < -0.39 is 49.2 Å². The van der Waals surface area contributed by atoms with Gasteiger partial charge in [0.25, 0.3) is 5.71 Å². The third-order valence-electron chi connectivity index (χ3n) is 4.19. The summed E-state index contributed by atoms with van der Waals surface area (Å²) in [7, 11) is -9.50. The number of carbonyl (C=O) groups is 2. The molecular weight excluding hydrogens is 594 g/mol. The second-order valence-electron chi connectivity index (χ2n) is 7.08. The van der Waals surface area contributed by atoms with E-state index in [1.165, 1.54) is 56.8 Å². The Morgan fingerprint density at radius 1 is 0.923 bits per heavy atom. The molecule has 0 unspecified atom stereocenters. The third kappa shape index (κ3) is 7.82. The summed E-state index contributed by atoms with van der Waals surface area (Å²) >= 11 is 0. The fraction of sp³-hybridized carbons (Fsp3) is 0.421. The monoisotopic (exact) mass is 614 g/mol. The molecule has 12 nitrogen and oxygen atoms in total. The van der Waals surface area contributed by atoms with E-state index in [4.69, 9.17) is 22.4 Å². The Bertz CT molecular complexity index is 1470. The van der Waals surface area contributed by atoms with Crippen molar-refractivity contribution in [2.75, 3.05) is 27.3 Å². The molecule has 20 heteroatoms. The van der Waals surface area contributed by atoms with Crippen LogP contribution in [0.1, 0.15) is 19.4 Å². The van der Waals surface area contributed by atoms with Crippen molar-refractivity contribution in [3.63, 3.8) is 0 Å². The van der Waals surface area contributed by atoms with Crippen molar-refractivity contribution >= 4 is 48.9 Å². The van der Waals surface area contributed by atoms with E-state index in [1.54, 1.807) is 0 Å². The number of esters is 1. The van der Waals surface area contributed by atoms with Crippen molar-refractivity contribution in [3.05, 3.63) is 29.8 Å². The normalized spacial score (nSPS) is 12.3. The Labute approximate surface area is 217 Å². The summed E-state index contributed by atoms with van der Waals surface area (Å²) in [4.78, 5) is 25.2. The zero-order chi connectivity index (χ0) is 30.6. The molecule has 0 aliphatic rings.